The van der Waals surface area contributed by atoms with E-state index in [4.69, 9.17) is 5.73 Å². The zero-order chi connectivity index (χ0) is 11.8. The third kappa shape index (κ3) is 1.98. The van der Waals surface area contributed by atoms with Gasteiger partial charge in [-0.15, -0.1) is 11.3 Å². The minimum Gasteiger partial charge on any atom is -0.393 e. The molecule has 0 aliphatic rings. The molecule has 4 nitrogen and oxygen atoms in total. The summed E-state index contributed by atoms with van der Waals surface area (Å²) in [5.74, 6) is 0. The predicted octanol–water partition coefficient (Wildman–Crippen LogP) is 1.28. The molecule has 0 aliphatic heterocycles. The molecule has 0 aromatic carbocycles. The molecule has 0 saturated carbocycles. The van der Waals surface area contributed by atoms with Crippen molar-refractivity contribution in [3.05, 3.63) is 23.5 Å². The zero-order valence-electron chi connectivity index (χ0n) is 9.55. The highest BCUT2D eigenvalue weighted by atomic mass is 32.1. The molecule has 2 unspecified atom stereocenters. The number of hydrogen-bond acceptors (Lipinski definition) is 4. The van der Waals surface area contributed by atoms with Gasteiger partial charge in [-0.05, 0) is 6.92 Å². The lowest BCUT2D eigenvalue weighted by atomic mass is 9.81. The predicted molar refractivity (Wildman–Crippen MR) is 65.6 cm³/mol. The van der Waals surface area contributed by atoms with E-state index in [1.807, 2.05) is 29.1 Å². The fraction of sp³-hybridized carbons (Fsp3) is 0.545. The maximum absolute atomic E-state index is 9.75. The quantitative estimate of drug-likeness (QED) is 0.845. The molecule has 2 aromatic heterocycles. The number of thiazole rings is 1. The Balaban J connectivity index is 2.23. The summed E-state index contributed by atoms with van der Waals surface area (Å²) in [4.78, 5) is 5.49. The summed E-state index contributed by atoms with van der Waals surface area (Å²) in [7, 11) is 0. The Kier molecular flexibility index (Phi) is 3.01. The van der Waals surface area contributed by atoms with Crippen molar-refractivity contribution in [2.75, 3.05) is 6.54 Å². The van der Waals surface area contributed by atoms with Crippen LogP contribution in [0.3, 0.4) is 0 Å². The average Bonchev–Trinajstić information content (AvgIpc) is 2.77. The third-order valence-corrected chi connectivity index (χ3v) is 3.97. The van der Waals surface area contributed by atoms with Crippen molar-refractivity contribution in [1.82, 2.24) is 9.38 Å². The van der Waals surface area contributed by atoms with Crippen molar-refractivity contribution < 1.29 is 5.11 Å². The summed E-state index contributed by atoms with van der Waals surface area (Å²) in [6, 6.07) is 0. The van der Waals surface area contributed by atoms with Crippen LogP contribution < -0.4 is 5.73 Å². The molecule has 0 radical (unpaired) electrons. The summed E-state index contributed by atoms with van der Waals surface area (Å²) in [6.07, 6.45) is 4.26. The van der Waals surface area contributed by atoms with E-state index in [0.29, 0.717) is 13.0 Å². The maximum Gasteiger partial charge on any atom is 0.193 e. The molecule has 16 heavy (non-hydrogen) atoms. The van der Waals surface area contributed by atoms with Crippen LogP contribution in [0.2, 0.25) is 0 Å². The molecule has 2 rings (SSSR count). The van der Waals surface area contributed by atoms with Crippen LogP contribution in [-0.4, -0.2) is 27.1 Å². The highest BCUT2D eigenvalue weighted by Crippen LogP contribution is 2.26. The summed E-state index contributed by atoms with van der Waals surface area (Å²) in [6.45, 7) is 4.23. The molecule has 5 heteroatoms. The molecule has 3 N–H and O–H groups in total. The molecule has 2 atom stereocenters. The van der Waals surface area contributed by atoms with Crippen molar-refractivity contribution in [3.63, 3.8) is 0 Å². The summed E-state index contributed by atoms with van der Waals surface area (Å²) in [5.41, 5.74) is 6.42. The number of nitrogens with two attached hydrogens (primary N) is 1. The molecule has 0 amide bonds. The number of nitrogens with zero attached hydrogens (tertiary/aromatic N) is 2. The molecule has 88 valence electrons. The van der Waals surface area contributed by atoms with Gasteiger partial charge in [0, 0.05) is 36.2 Å². The number of aromatic nitrogens is 2. The van der Waals surface area contributed by atoms with E-state index >= 15 is 0 Å². The van der Waals surface area contributed by atoms with Gasteiger partial charge in [-0.2, -0.15) is 0 Å². The van der Waals surface area contributed by atoms with Gasteiger partial charge in [0.25, 0.3) is 0 Å². The number of aliphatic hydroxyl groups is 1. The topological polar surface area (TPSA) is 63.5 Å². The van der Waals surface area contributed by atoms with Crippen LogP contribution in [0, 0.1) is 5.41 Å². The van der Waals surface area contributed by atoms with E-state index in [1.54, 1.807) is 18.3 Å². The molecule has 0 spiro atoms. The monoisotopic (exact) mass is 239 g/mol. The maximum atomic E-state index is 9.75. The Morgan fingerprint density at radius 3 is 3.00 bits per heavy atom. The van der Waals surface area contributed by atoms with Crippen molar-refractivity contribution in [3.8, 4) is 0 Å². The minimum atomic E-state index is -0.433. The molecular weight excluding hydrogens is 222 g/mol. The lowest BCUT2D eigenvalue weighted by Gasteiger charge is -2.30. The van der Waals surface area contributed by atoms with Gasteiger partial charge in [-0.1, -0.05) is 6.92 Å². The fourth-order valence-corrected chi connectivity index (χ4v) is 2.38. The van der Waals surface area contributed by atoms with E-state index < -0.39 is 6.10 Å². The van der Waals surface area contributed by atoms with Crippen molar-refractivity contribution in [2.45, 2.75) is 26.4 Å². The molecule has 0 fully saturated rings. The Hall–Kier alpha value is -0.910. The summed E-state index contributed by atoms with van der Waals surface area (Å²) < 4.78 is 2.00. The van der Waals surface area contributed by atoms with E-state index in [-0.39, 0.29) is 5.41 Å². The van der Waals surface area contributed by atoms with Crippen molar-refractivity contribution >= 4 is 16.3 Å². The van der Waals surface area contributed by atoms with Gasteiger partial charge in [-0.3, -0.25) is 4.40 Å². The average molecular weight is 239 g/mol. The second kappa shape index (κ2) is 4.16. The molecule has 0 saturated heterocycles. The minimum absolute atomic E-state index is 0.302. The Morgan fingerprint density at radius 2 is 2.44 bits per heavy atom. The zero-order valence-corrected chi connectivity index (χ0v) is 10.4. The first-order chi connectivity index (χ1) is 7.55. The van der Waals surface area contributed by atoms with Gasteiger partial charge >= 0.3 is 0 Å². The highest BCUT2D eigenvalue weighted by Gasteiger charge is 2.29. The molecule has 2 aromatic rings. The lowest BCUT2D eigenvalue weighted by molar-refractivity contribution is 0.0582. The molecule has 2 heterocycles. The first-order valence-electron chi connectivity index (χ1n) is 5.34. The Bertz CT molecular complexity index is 448. The molecular formula is C11H17N3OS. The van der Waals surface area contributed by atoms with E-state index in [0.717, 1.165) is 10.7 Å². The van der Waals surface area contributed by atoms with Gasteiger partial charge < -0.3 is 10.8 Å². The van der Waals surface area contributed by atoms with Crippen LogP contribution in [0.4, 0.5) is 0 Å². The van der Waals surface area contributed by atoms with E-state index in [9.17, 15) is 5.11 Å². The lowest BCUT2D eigenvalue weighted by Crippen LogP contribution is -2.39. The molecule has 0 bridgehead atoms. The van der Waals surface area contributed by atoms with Gasteiger partial charge in [0.2, 0.25) is 0 Å². The van der Waals surface area contributed by atoms with Gasteiger partial charge in [-0.25, -0.2) is 4.98 Å². The second-order valence-electron chi connectivity index (χ2n) is 4.54. The fourth-order valence-electron chi connectivity index (χ4n) is 1.67. The molecule has 0 aliphatic carbocycles. The van der Waals surface area contributed by atoms with E-state index in [2.05, 4.69) is 4.98 Å². The number of hydrogen-bond donors (Lipinski definition) is 2. The first kappa shape index (κ1) is 11.6. The summed E-state index contributed by atoms with van der Waals surface area (Å²) >= 11 is 1.61. The van der Waals surface area contributed by atoms with Crippen LogP contribution in [0.15, 0.2) is 17.8 Å². The largest absolute Gasteiger partial charge is 0.393 e. The van der Waals surface area contributed by atoms with Crippen LogP contribution in [0.25, 0.3) is 4.96 Å². The van der Waals surface area contributed by atoms with Crippen molar-refractivity contribution in [1.29, 1.82) is 0 Å². The first-order valence-corrected chi connectivity index (χ1v) is 6.22. The van der Waals surface area contributed by atoms with Crippen LogP contribution in [-0.2, 0) is 6.42 Å². The second-order valence-corrected chi connectivity index (χ2v) is 5.41. The highest BCUT2D eigenvalue weighted by molar-refractivity contribution is 7.15. The van der Waals surface area contributed by atoms with E-state index in [1.165, 1.54) is 0 Å². The normalized spacial score (nSPS) is 17.5. The number of fused-ring (bicyclic) bond motifs is 1. The number of aliphatic hydroxyl groups excluding tert-OH is 1. The van der Waals surface area contributed by atoms with Gasteiger partial charge in [0.05, 0.1) is 11.8 Å². The standard InChI is InChI=1S/C11H17N3OS/c1-8(15)11(2,7-12)5-9-6-14-3-4-16-10(14)13-9/h3-4,6,8,15H,5,7,12H2,1-2H3. The van der Waals surface area contributed by atoms with Crippen LogP contribution in [0.1, 0.15) is 19.5 Å². The van der Waals surface area contributed by atoms with Crippen molar-refractivity contribution in [2.24, 2.45) is 11.1 Å². The van der Waals surface area contributed by atoms with Crippen LogP contribution >= 0.6 is 11.3 Å². The third-order valence-electron chi connectivity index (χ3n) is 3.20. The summed E-state index contributed by atoms with van der Waals surface area (Å²) in [5, 5.41) is 11.7. The van der Waals surface area contributed by atoms with Crippen LogP contribution in [0.5, 0.6) is 0 Å². The number of rotatable bonds is 4. The Labute approximate surface area is 98.7 Å². The SMILES string of the molecule is CC(O)C(C)(CN)Cc1cn2ccsc2n1. The van der Waals surface area contributed by atoms with Gasteiger partial charge in [0.1, 0.15) is 0 Å². The van der Waals surface area contributed by atoms with Gasteiger partial charge in [0.15, 0.2) is 4.96 Å². The smallest absolute Gasteiger partial charge is 0.193 e. The Morgan fingerprint density at radius 1 is 1.69 bits per heavy atom. The number of imidazole rings is 1.